The number of aromatic nitrogens is 2. The summed E-state index contributed by atoms with van der Waals surface area (Å²) in [4.78, 5) is 24.3. The maximum atomic E-state index is 13.2. The zero-order valence-electron chi connectivity index (χ0n) is 17.2. The third kappa shape index (κ3) is 4.72. The smallest absolute Gasteiger partial charge is 0.233 e. The van der Waals surface area contributed by atoms with Gasteiger partial charge in [0.05, 0.1) is 22.8 Å². The molecule has 4 rings (SSSR count). The van der Waals surface area contributed by atoms with Gasteiger partial charge >= 0.3 is 0 Å². The fraction of sp³-hybridized carbons (Fsp3) is 0.571. The van der Waals surface area contributed by atoms with Gasteiger partial charge in [0.25, 0.3) is 0 Å². The molecular formula is C21H28N4O3S2. The molecule has 0 radical (unpaired) electrons. The van der Waals surface area contributed by atoms with Crippen LogP contribution in [0.4, 0.5) is 5.82 Å². The summed E-state index contributed by atoms with van der Waals surface area (Å²) in [7, 11) is -3.04. The molecule has 2 aromatic rings. The second kappa shape index (κ2) is 9.09. The maximum absolute atomic E-state index is 13.2. The highest BCUT2D eigenvalue weighted by Gasteiger charge is 2.38. The summed E-state index contributed by atoms with van der Waals surface area (Å²) in [6, 6.07) is 7.78. The van der Waals surface area contributed by atoms with Crippen LogP contribution in [0.2, 0.25) is 0 Å². The van der Waals surface area contributed by atoms with E-state index in [0.717, 1.165) is 48.9 Å². The van der Waals surface area contributed by atoms with Gasteiger partial charge in [-0.05, 0) is 38.3 Å². The molecule has 1 aliphatic carbocycles. The molecule has 2 fully saturated rings. The van der Waals surface area contributed by atoms with E-state index in [0.29, 0.717) is 11.6 Å². The van der Waals surface area contributed by atoms with Crippen LogP contribution in [0, 0.1) is 0 Å². The molecule has 2 aliphatic rings. The fourth-order valence-electron chi connectivity index (χ4n) is 4.51. The first-order chi connectivity index (χ1) is 14.5. The predicted molar refractivity (Wildman–Crippen MR) is 121 cm³/mol. The number of rotatable bonds is 7. The molecule has 0 unspecified atom stereocenters. The van der Waals surface area contributed by atoms with E-state index in [-0.39, 0.29) is 35.2 Å². The first kappa shape index (κ1) is 21.4. The van der Waals surface area contributed by atoms with Crippen LogP contribution in [0.3, 0.4) is 0 Å². The predicted octanol–water partition coefficient (Wildman–Crippen LogP) is 3.11. The van der Waals surface area contributed by atoms with Crippen LogP contribution in [0.15, 0.2) is 29.4 Å². The lowest BCUT2D eigenvalue weighted by atomic mass is 10.1. The number of amides is 1. The zero-order chi connectivity index (χ0) is 21.1. The minimum Gasteiger partial charge on any atom is -0.370 e. The third-order valence-electron chi connectivity index (χ3n) is 5.86. The first-order valence-electron chi connectivity index (χ1n) is 10.6. The SMILES string of the molecule is CCNc1nc(SCC(=O)N(C2CCCC2)[C@@H]2CCS(=O)(=O)C2)nc2ccccc12. The van der Waals surface area contributed by atoms with Crippen molar-refractivity contribution in [3.8, 4) is 0 Å². The Hall–Kier alpha value is -1.87. The van der Waals surface area contributed by atoms with E-state index in [9.17, 15) is 13.2 Å². The standard InChI is InChI=1S/C21H28N4O3S2/c1-2-22-20-17-9-5-6-10-18(17)23-21(24-20)29-13-19(26)25(15-7-3-4-8-15)16-11-12-30(27,28)14-16/h5-6,9-10,15-16H,2-4,7-8,11-14H2,1H3,(H,22,23,24)/t16-/m1/s1. The lowest BCUT2D eigenvalue weighted by Gasteiger charge is -2.34. The largest absolute Gasteiger partial charge is 0.370 e. The molecule has 9 heteroatoms. The number of anilines is 1. The van der Waals surface area contributed by atoms with Crippen molar-refractivity contribution in [3.05, 3.63) is 24.3 Å². The molecule has 1 aliphatic heterocycles. The van der Waals surface area contributed by atoms with Gasteiger partial charge in [0.2, 0.25) is 5.91 Å². The van der Waals surface area contributed by atoms with Gasteiger partial charge in [-0.2, -0.15) is 0 Å². The Morgan fingerprint density at radius 1 is 1.17 bits per heavy atom. The summed E-state index contributed by atoms with van der Waals surface area (Å²) >= 11 is 1.33. The molecule has 1 amide bonds. The molecule has 1 atom stereocenters. The minimum absolute atomic E-state index is 0.00393. The number of thioether (sulfide) groups is 1. The Morgan fingerprint density at radius 3 is 2.63 bits per heavy atom. The Bertz CT molecular complexity index is 1020. The van der Waals surface area contributed by atoms with Crippen LogP contribution in [0.1, 0.15) is 39.0 Å². The van der Waals surface area contributed by atoms with Crippen molar-refractivity contribution >= 4 is 44.2 Å². The van der Waals surface area contributed by atoms with Crippen molar-refractivity contribution in [2.24, 2.45) is 0 Å². The normalized spacial score (nSPS) is 21.2. The Balaban J connectivity index is 1.52. The molecule has 1 N–H and O–H groups in total. The van der Waals surface area contributed by atoms with Crippen LogP contribution in [-0.2, 0) is 14.6 Å². The van der Waals surface area contributed by atoms with E-state index in [1.54, 1.807) is 0 Å². The number of fused-ring (bicyclic) bond motifs is 1. The van der Waals surface area contributed by atoms with Crippen molar-refractivity contribution in [3.63, 3.8) is 0 Å². The van der Waals surface area contributed by atoms with E-state index >= 15 is 0 Å². The van der Waals surface area contributed by atoms with Crippen LogP contribution in [-0.4, -0.2) is 65.1 Å². The van der Waals surface area contributed by atoms with Gasteiger partial charge in [0.15, 0.2) is 15.0 Å². The first-order valence-corrected chi connectivity index (χ1v) is 13.4. The van der Waals surface area contributed by atoms with Crippen molar-refractivity contribution in [1.82, 2.24) is 14.9 Å². The molecule has 0 bridgehead atoms. The van der Waals surface area contributed by atoms with Crippen molar-refractivity contribution in [1.29, 1.82) is 0 Å². The number of sulfone groups is 1. The average molecular weight is 449 g/mol. The molecule has 30 heavy (non-hydrogen) atoms. The topological polar surface area (TPSA) is 92.3 Å². The second-order valence-corrected chi connectivity index (χ2v) is 11.2. The number of nitrogens with zero attached hydrogens (tertiary/aromatic N) is 3. The number of carbonyl (C=O) groups is 1. The Morgan fingerprint density at radius 2 is 1.93 bits per heavy atom. The monoisotopic (exact) mass is 448 g/mol. The third-order valence-corrected chi connectivity index (χ3v) is 8.44. The van der Waals surface area contributed by atoms with Gasteiger partial charge in [-0.15, -0.1) is 0 Å². The number of carbonyl (C=O) groups excluding carboxylic acids is 1. The fourth-order valence-corrected chi connectivity index (χ4v) is 6.94. The summed E-state index contributed by atoms with van der Waals surface area (Å²) < 4.78 is 24.0. The van der Waals surface area contributed by atoms with Gasteiger partial charge in [0, 0.05) is 24.0 Å². The van der Waals surface area contributed by atoms with E-state index in [1.165, 1.54) is 11.8 Å². The molecule has 1 saturated heterocycles. The summed E-state index contributed by atoms with van der Waals surface area (Å²) in [6.45, 7) is 2.76. The molecule has 1 aromatic heterocycles. The van der Waals surface area contributed by atoms with Gasteiger partial charge in [-0.1, -0.05) is 36.7 Å². The maximum Gasteiger partial charge on any atom is 0.233 e. The Kier molecular flexibility index (Phi) is 6.48. The summed E-state index contributed by atoms with van der Waals surface area (Å²) in [5.41, 5.74) is 0.841. The van der Waals surface area contributed by atoms with Crippen LogP contribution < -0.4 is 5.32 Å². The van der Waals surface area contributed by atoms with Crippen LogP contribution >= 0.6 is 11.8 Å². The lowest BCUT2D eigenvalue weighted by Crippen LogP contribution is -2.47. The van der Waals surface area contributed by atoms with Crippen LogP contribution in [0.5, 0.6) is 0 Å². The van der Waals surface area contributed by atoms with Crippen molar-refractivity contribution in [2.75, 3.05) is 29.1 Å². The number of nitrogens with one attached hydrogen (secondary N) is 1. The number of hydrogen-bond acceptors (Lipinski definition) is 7. The minimum atomic E-state index is -3.04. The molecule has 2 heterocycles. The summed E-state index contributed by atoms with van der Waals surface area (Å²) in [6.07, 6.45) is 4.67. The quantitative estimate of drug-likeness (QED) is 0.514. The van der Waals surface area contributed by atoms with E-state index in [1.807, 2.05) is 36.1 Å². The summed E-state index contributed by atoms with van der Waals surface area (Å²) in [5, 5.41) is 4.79. The van der Waals surface area contributed by atoms with Gasteiger partial charge in [-0.25, -0.2) is 18.4 Å². The van der Waals surface area contributed by atoms with Gasteiger partial charge in [0.1, 0.15) is 5.82 Å². The molecule has 0 spiro atoms. The highest BCUT2D eigenvalue weighted by atomic mass is 32.2. The molecule has 1 aromatic carbocycles. The number of hydrogen-bond donors (Lipinski definition) is 1. The molecular weight excluding hydrogens is 420 g/mol. The summed E-state index contributed by atoms with van der Waals surface area (Å²) in [5.74, 6) is 1.26. The number of para-hydroxylation sites is 1. The second-order valence-electron chi connectivity index (χ2n) is 7.99. The van der Waals surface area contributed by atoms with Gasteiger partial charge in [-0.3, -0.25) is 4.79 Å². The highest BCUT2D eigenvalue weighted by molar-refractivity contribution is 7.99. The highest BCUT2D eigenvalue weighted by Crippen LogP contribution is 2.31. The van der Waals surface area contributed by atoms with E-state index in [2.05, 4.69) is 15.3 Å². The Labute approximate surface area is 182 Å². The lowest BCUT2D eigenvalue weighted by molar-refractivity contribution is -0.132. The molecule has 162 valence electrons. The zero-order valence-corrected chi connectivity index (χ0v) is 18.8. The van der Waals surface area contributed by atoms with Gasteiger partial charge < -0.3 is 10.2 Å². The van der Waals surface area contributed by atoms with E-state index in [4.69, 9.17) is 0 Å². The van der Waals surface area contributed by atoms with E-state index < -0.39 is 9.84 Å². The number of benzene rings is 1. The molecule has 7 nitrogen and oxygen atoms in total. The van der Waals surface area contributed by atoms with Crippen molar-refractivity contribution < 1.29 is 13.2 Å². The molecule has 1 saturated carbocycles. The average Bonchev–Trinajstić information content (AvgIpc) is 3.37. The van der Waals surface area contributed by atoms with Crippen molar-refractivity contribution in [2.45, 2.75) is 56.3 Å². The van der Waals surface area contributed by atoms with Crippen LogP contribution in [0.25, 0.3) is 10.9 Å².